The number of aromatic nitrogens is 1. The normalized spacial score (nSPS) is 15.4. The molecule has 0 saturated carbocycles. The van der Waals surface area contributed by atoms with Gasteiger partial charge in [-0.15, -0.1) is 0 Å². The van der Waals surface area contributed by atoms with Crippen LogP contribution in [0.3, 0.4) is 0 Å². The van der Waals surface area contributed by atoms with Crippen LogP contribution in [0.4, 0.5) is 0 Å². The molecule has 3 aromatic rings. The third kappa shape index (κ3) is 5.80. The molecule has 0 unspecified atom stereocenters. The highest BCUT2D eigenvalue weighted by Crippen LogP contribution is 2.26. The first-order valence-electron chi connectivity index (χ1n) is 10.7. The molecule has 1 aliphatic rings. The Kier molecular flexibility index (Phi) is 7.44. The zero-order valence-electron chi connectivity index (χ0n) is 17.9. The predicted octanol–water partition coefficient (Wildman–Crippen LogP) is 3.37. The largest absolute Gasteiger partial charge is 0.468 e. The zero-order valence-corrected chi connectivity index (χ0v) is 19.5. The first-order chi connectivity index (χ1) is 15.9. The van der Waals surface area contributed by atoms with Gasteiger partial charge < -0.3 is 9.73 Å². The van der Waals surface area contributed by atoms with Gasteiger partial charge >= 0.3 is 0 Å². The number of hydrogen-bond acceptors (Lipinski definition) is 6. The fourth-order valence-corrected chi connectivity index (χ4v) is 5.39. The lowest BCUT2D eigenvalue weighted by Crippen LogP contribution is -2.36. The lowest BCUT2D eigenvalue weighted by Gasteiger charge is -2.26. The number of furan rings is 1. The molecule has 10 heteroatoms. The van der Waals surface area contributed by atoms with E-state index in [-0.39, 0.29) is 34.0 Å². The number of hydrogen-bond donors (Lipinski definition) is 2. The lowest BCUT2D eigenvalue weighted by atomic mass is 10.1. The number of carbonyl (C=O) groups excluding carboxylic acids is 1. The van der Waals surface area contributed by atoms with Crippen LogP contribution >= 0.6 is 11.6 Å². The van der Waals surface area contributed by atoms with Crippen LogP contribution in [0.5, 0.6) is 0 Å². The zero-order chi connectivity index (χ0) is 23.3. The summed E-state index contributed by atoms with van der Waals surface area (Å²) in [6.07, 6.45) is 7.02. The van der Waals surface area contributed by atoms with Gasteiger partial charge in [-0.1, -0.05) is 17.7 Å². The summed E-state index contributed by atoms with van der Waals surface area (Å²) in [5.74, 6) is 0.405. The molecule has 0 bridgehead atoms. The Bertz CT molecular complexity index is 1180. The van der Waals surface area contributed by atoms with Crippen molar-refractivity contribution in [2.45, 2.75) is 30.3 Å². The van der Waals surface area contributed by atoms with E-state index in [0.29, 0.717) is 12.1 Å². The molecule has 0 spiro atoms. The molecule has 1 aliphatic heterocycles. The van der Waals surface area contributed by atoms with E-state index in [1.54, 1.807) is 30.8 Å². The number of sulfonamides is 1. The van der Waals surface area contributed by atoms with Crippen LogP contribution in [0.2, 0.25) is 5.02 Å². The Morgan fingerprint density at radius 3 is 2.70 bits per heavy atom. The fraction of sp³-hybridized carbons (Fsp3) is 0.304. The van der Waals surface area contributed by atoms with E-state index in [1.807, 2.05) is 12.1 Å². The van der Waals surface area contributed by atoms with Crippen LogP contribution in [-0.4, -0.2) is 43.8 Å². The molecule has 0 aliphatic carbocycles. The number of likely N-dealkylation sites (tertiary alicyclic amines) is 1. The minimum Gasteiger partial charge on any atom is -0.468 e. The van der Waals surface area contributed by atoms with Gasteiger partial charge in [0.2, 0.25) is 10.0 Å². The van der Waals surface area contributed by atoms with Crippen molar-refractivity contribution in [2.75, 3.05) is 19.6 Å². The molecule has 174 valence electrons. The Labute approximate surface area is 198 Å². The highest BCUT2D eigenvalue weighted by Gasteiger charge is 2.26. The number of carbonyl (C=O) groups is 1. The minimum atomic E-state index is -3.94. The van der Waals surface area contributed by atoms with E-state index >= 15 is 0 Å². The third-order valence-electron chi connectivity index (χ3n) is 5.58. The first kappa shape index (κ1) is 23.4. The van der Waals surface area contributed by atoms with Crippen LogP contribution < -0.4 is 10.0 Å². The minimum absolute atomic E-state index is 0.0377. The van der Waals surface area contributed by atoms with Crippen LogP contribution in [0, 0.1) is 0 Å². The lowest BCUT2D eigenvalue weighted by molar-refractivity contribution is 0.0933. The predicted molar refractivity (Wildman–Crippen MR) is 124 cm³/mol. The second-order valence-electron chi connectivity index (χ2n) is 7.82. The molecule has 1 saturated heterocycles. The summed E-state index contributed by atoms with van der Waals surface area (Å²) in [5.41, 5.74) is 0.915. The number of halogens is 1. The van der Waals surface area contributed by atoms with Crippen molar-refractivity contribution < 1.29 is 17.6 Å². The number of pyridine rings is 1. The van der Waals surface area contributed by atoms with Gasteiger partial charge in [-0.25, -0.2) is 13.1 Å². The van der Waals surface area contributed by atoms with Crippen LogP contribution in [0.15, 0.2) is 70.4 Å². The van der Waals surface area contributed by atoms with Gasteiger partial charge in [0.15, 0.2) is 0 Å². The van der Waals surface area contributed by atoms with E-state index in [1.165, 1.54) is 18.2 Å². The number of nitrogens with one attached hydrogen (secondary N) is 2. The Morgan fingerprint density at radius 2 is 2.00 bits per heavy atom. The van der Waals surface area contributed by atoms with Gasteiger partial charge in [0.25, 0.3) is 5.91 Å². The van der Waals surface area contributed by atoms with Gasteiger partial charge in [-0.05, 0) is 67.9 Å². The average Bonchev–Trinajstić information content (AvgIpc) is 3.54. The highest BCUT2D eigenvalue weighted by molar-refractivity contribution is 7.89. The molecule has 8 nitrogen and oxygen atoms in total. The molecular formula is C23H25ClN4O4S. The summed E-state index contributed by atoms with van der Waals surface area (Å²) in [6, 6.07) is 11.3. The number of rotatable bonds is 9. The number of nitrogens with zero attached hydrogens (tertiary/aromatic N) is 2. The fourth-order valence-electron chi connectivity index (χ4n) is 3.84. The first-order valence-corrected chi connectivity index (χ1v) is 12.5. The van der Waals surface area contributed by atoms with E-state index < -0.39 is 10.0 Å². The van der Waals surface area contributed by atoms with Crippen molar-refractivity contribution in [1.82, 2.24) is 19.9 Å². The van der Waals surface area contributed by atoms with Crippen LogP contribution in [-0.2, 0) is 16.6 Å². The standard InChI is InChI=1S/C23H25ClN4O4S/c24-19-8-7-18(13-22(19)33(30,31)27-15-17-5-3-9-25-14-17)23(29)26-16-20(21-6-4-12-32-21)28-10-1-2-11-28/h3-9,12-14,20,27H,1-2,10-11,15-16H2,(H,26,29)/t20-/m0/s1. The average molecular weight is 489 g/mol. The SMILES string of the molecule is O=C(NC[C@@H](c1ccco1)N1CCCC1)c1ccc(Cl)c(S(=O)(=O)NCc2cccnc2)c1. The van der Waals surface area contributed by atoms with Crippen molar-refractivity contribution >= 4 is 27.5 Å². The molecule has 33 heavy (non-hydrogen) atoms. The maximum Gasteiger partial charge on any atom is 0.251 e. The summed E-state index contributed by atoms with van der Waals surface area (Å²) in [5, 5.41) is 2.95. The van der Waals surface area contributed by atoms with Gasteiger partial charge in [-0.2, -0.15) is 0 Å². The van der Waals surface area contributed by atoms with Gasteiger partial charge in [-0.3, -0.25) is 14.7 Å². The van der Waals surface area contributed by atoms with E-state index in [2.05, 4.69) is 19.9 Å². The Hall–Kier alpha value is -2.72. The molecule has 2 N–H and O–H groups in total. The van der Waals surface area contributed by atoms with Crippen molar-refractivity contribution in [2.24, 2.45) is 0 Å². The van der Waals surface area contributed by atoms with E-state index in [0.717, 1.165) is 31.7 Å². The monoisotopic (exact) mass is 488 g/mol. The summed E-state index contributed by atoms with van der Waals surface area (Å²) in [7, 11) is -3.94. The quantitative estimate of drug-likeness (QED) is 0.478. The molecule has 0 radical (unpaired) electrons. The molecule has 1 aromatic carbocycles. The van der Waals surface area contributed by atoms with Crippen molar-refractivity contribution in [3.8, 4) is 0 Å². The van der Waals surface area contributed by atoms with Crippen LogP contribution in [0.1, 0.15) is 40.6 Å². The summed E-state index contributed by atoms with van der Waals surface area (Å²) in [6.45, 7) is 2.28. The summed E-state index contributed by atoms with van der Waals surface area (Å²) in [4.78, 5) is 19.0. The second-order valence-corrected chi connectivity index (χ2v) is 9.96. The maximum atomic E-state index is 12.9. The Morgan fingerprint density at radius 1 is 1.18 bits per heavy atom. The molecule has 2 aromatic heterocycles. The van der Waals surface area contributed by atoms with Crippen molar-refractivity contribution in [1.29, 1.82) is 0 Å². The third-order valence-corrected chi connectivity index (χ3v) is 7.46. The van der Waals surface area contributed by atoms with Crippen molar-refractivity contribution in [3.05, 3.63) is 83.0 Å². The molecule has 1 fully saturated rings. The van der Waals surface area contributed by atoms with Gasteiger partial charge in [0.1, 0.15) is 10.7 Å². The number of benzene rings is 1. The smallest absolute Gasteiger partial charge is 0.251 e. The molecule has 1 atom stereocenters. The molecular weight excluding hydrogens is 464 g/mol. The van der Waals surface area contributed by atoms with Gasteiger partial charge in [0.05, 0.1) is 17.3 Å². The molecule has 4 rings (SSSR count). The van der Waals surface area contributed by atoms with Gasteiger partial charge in [0, 0.05) is 31.0 Å². The molecule has 1 amide bonds. The summed E-state index contributed by atoms with van der Waals surface area (Å²) < 4.78 is 33.7. The number of amides is 1. The van der Waals surface area contributed by atoms with Crippen molar-refractivity contribution in [3.63, 3.8) is 0 Å². The van der Waals surface area contributed by atoms with E-state index in [9.17, 15) is 13.2 Å². The van der Waals surface area contributed by atoms with E-state index in [4.69, 9.17) is 16.0 Å². The topological polar surface area (TPSA) is 105 Å². The maximum absolute atomic E-state index is 12.9. The second kappa shape index (κ2) is 10.5. The van der Waals surface area contributed by atoms with Crippen LogP contribution in [0.25, 0.3) is 0 Å². The molecule has 3 heterocycles. The highest BCUT2D eigenvalue weighted by atomic mass is 35.5. The Balaban J connectivity index is 1.46. The summed E-state index contributed by atoms with van der Waals surface area (Å²) >= 11 is 6.17.